The maximum Gasteiger partial charge on any atom is 0.236 e. The fourth-order valence-corrected chi connectivity index (χ4v) is 3.58. The van der Waals surface area contributed by atoms with Gasteiger partial charge in [0.25, 0.3) is 0 Å². The third kappa shape index (κ3) is 4.35. The molecule has 2 aliphatic rings. The van der Waals surface area contributed by atoms with Crippen LogP contribution < -0.4 is 5.32 Å². The molecule has 0 aromatic heterocycles. The zero-order chi connectivity index (χ0) is 16.9. The van der Waals surface area contributed by atoms with Crippen LogP contribution in [0.4, 0.5) is 0 Å². The molecule has 132 valence electrons. The SMILES string of the molecule is Cc1ccccc1CN1CCN(C(=O)CN2CCNC[C@@H]2C)CC1. The van der Waals surface area contributed by atoms with E-state index < -0.39 is 0 Å². The van der Waals surface area contributed by atoms with E-state index in [9.17, 15) is 4.79 Å². The molecule has 3 rings (SSSR count). The van der Waals surface area contributed by atoms with E-state index in [1.54, 1.807) is 0 Å². The number of hydrogen-bond donors (Lipinski definition) is 1. The summed E-state index contributed by atoms with van der Waals surface area (Å²) in [6.07, 6.45) is 0. The van der Waals surface area contributed by atoms with Crippen LogP contribution in [0.3, 0.4) is 0 Å². The number of nitrogens with zero attached hydrogens (tertiary/aromatic N) is 3. The van der Waals surface area contributed by atoms with Crippen molar-refractivity contribution in [1.29, 1.82) is 0 Å². The molecule has 1 aromatic rings. The minimum atomic E-state index is 0.291. The number of amides is 1. The van der Waals surface area contributed by atoms with Crippen LogP contribution in [0.15, 0.2) is 24.3 Å². The standard InChI is InChI=1S/C19H30N4O/c1-16-5-3-4-6-18(16)14-21-9-11-22(12-10-21)19(24)15-23-8-7-20-13-17(23)2/h3-6,17,20H,7-15H2,1-2H3/t17-/m0/s1. The fraction of sp³-hybridized carbons (Fsp3) is 0.632. The molecule has 24 heavy (non-hydrogen) atoms. The Balaban J connectivity index is 1.46. The van der Waals surface area contributed by atoms with E-state index in [2.05, 4.69) is 53.2 Å². The van der Waals surface area contributed by atoms with Crippen LogP contribution in [0.25, 0.3) is 0 Å². The van der Waals surface area contributed by atoms with E-state index in [1.165, 1.54) is 11.1 Å². The molecule has 1 atom stereocenters. The third-order valence-electron chi connectivity index (χ3n) is 5.36. The lowest BCUT2D eigenvalue weighted by molar-refractivity contribution is -0.135. The van der Waals surface area contributed by atoms with Crippen LogP contribution in [-0.4, -0.2) is 79.0 Å². The van der Waals surface area contributed by atoms with Crippen LogP contribution >= 0.6 is 0 Å². The van der Waals surface area contributed by atoms with Gasteiger partial charge in [0.15, 0.2) is 0 Å². The number of aryl methyl sites for hydroxylation is 1. The molecule has 2 saturated heterocycles. The molecule has 0 bridgehead atoms. The molecular formula is C19H30N4O. The molecule has 0 radical (unpaired) electrons. The lowest BCUT2D eigenvalue weighted by atomic mass is 10.1. The maximum absolute atomic E-state index is 12.6. The Hall–Kier alpha value is -1.43. The Morgan fingerprint density at radius 3 is 2.62 bits per heavy atom. The van der Waals surface area contributed by atoms with E-state index in [1.807, 2.05) is 4.90 Å². The minimum absolute atomic E-state index is 0.291. The molecule has 2 fully saturated rings. The number of benzene rings is 1. The highest BCUT2D eigenvalue weighted by molar-refractivity contribution is 5.78. The van der Waals surface area contributed by atoms with Gasteiger partial charge in [0.2, 0.25) is 5.91 Å². The van der Waals surface area contributed by atoms with Crippen LogP contribution in [0.2, 0.25) is 0 Å². The van der Waals surface area contributed by atoms with E-state index in [-0.39, 0.29) is 0 Å². The second kappa shape index (κ2) is 8.10. The number of carbonyl (C=O) groups is 1. The fourth-order valence-electron chi connectivity index (χ4n) is 3.58. The van der Waals surface area contributed by atoms with Crippen molar-refractivity contribution in [2.75, 3.05) is 52.4 Å². The largest absolute Gasteiger partial charge is 0.339 e. The van der Waals surface area contributed by atoms with Gasteiger partial charge in [-0.05, 0) is 25.0 Å². The Morgan fingerprint density at radius 1 is 1.17 bits per heavy atom. The smallest absolute Gasteiger partial charge is 0.236 e. The molecule has 0 saturated carbocycles. The van der Waals surface area contributed by atoms with Crippen molar-refractivity contribution in [3.05, 3.63) is 35.4 Å². The summed E-state index contributed by atoms with van der Waals surface area (Å²) in [5, 5.41) is 3.38. The Morgan fingerprint density at radius 2 is 1.92 bits per heavy atom. The van der Waals surface area contributed by atoms with E-state index in [0.717, 1.165) is 52.4 Å². The molecule has 0 spiro atoms. The van der Waals surface area contributed by atoms with E-state index in [0.29, 0.717) is 18.5 Å². The number of rotatable bonds is 4. The zero-order valence-electron chi connectivity index (χ0n) is 15.0. The first kappa shape index (κ1) is 17.4. The summed E-state index contributed by atoms with van der Waals surface area (Å²) >= 11 is 0. The summed E-state index contributed by atoms with van der Waals surface area (Å²) in [6, 6.07) is 9.02. The number of piperazine rings is 2. The van der Waals surface area contributed by atoms with Gasteiger partial charge in [-0.15, -0.1) is 0 Å². The van der Waals surface area contributed by atoms with Gasteiger partial charge in [-0.1, -0.05) is 24.3 Å². The minimum Gasteiger partial charge on any atom is -0.339 e. The summed E-state index contributed by atoms with van der Waals surface area (Å²) in [7, 11) is 0. The molecule has 1 N–H and O–H groups in total. The molecule has 2 aliphatic heterocycles. The van der Waals surface area contributed by atoms with Crippen molar-refractivity contribution >= 4 is 5.91 Å². The topological polar surface area (TPSA) is 38.8 Å². The van der Waals surface area contributed by atoms with Gasteiger partial charge < -0.3 is 10.2 Å². The maximum atomic E-state index is 12.6. The lowest BCUT2D eigenvalue weighted by Gasteiger charge is -2.38. The first-order valence-corrected chi connectivity index (χ1v) is 9.13. The summed E-state index contributed by atoms with van der Waals surface area (Å²) in [5.74, 6) is 0.291. The lowest BCUT2D eigenvalue weighted by Crippen LogP contribution is -2.55. The summed E-state index contributed by atoms with van der Waals surface area (Å²) < 4.78 is 0. The number of carbonyl (C=O) groups excluding carboxylic acids is 1. The highest BCUT2D eigenvalue weighted by atomic mass is 16.2. The van der Waals surface area contributed by atoms with Gasteiger partial charge >= 0.3 is 0 Å². The second-order valence-electron chi connectivity index (χ2n) is 7.11. The molecule has 5 nitrogen and oxygen atoms in total. The van der Waals surface area contributed by atoms with E-state index in [4.69, 9.17) is 0 Å². The van der Waals surface area contributed by atoms with E-state index >= 15 is 0 Å². The van der Waals surface area contributed by atoms with Gasteiger partial charge in [-0.25, -0.2) is 0 Å². The van der Waals surface area contributed by atoms with Gasteiger partial charge in [-0.2, -0.15) is 0 Å². The van der Waals surface area contributed by atoms with Crippen molar-refractivity contribution < 1.29 is 4.79 Å². The van der Waals surface area contributed by atoms with Crippen LogP contribution in [-0.2, 0) is 11.3 Å². The normalized spacial score (nSPS) is 23.4. The highest BCUT2D eigenvalue weighted by Crippen LogP contribution is 2.13. The predicted octanol–water partition coefficient (Wildman–Crippen LogP) is 0.933. The average molecular weight is 330 g/mol. The summed E-state index contributed by atoms with van der Waals surface area (Å²) in [4.78, 5) is 19.4. The second-order valence-corrected chi connectivity index (χ2v) is 7.11. The predicted molar refractivity (Wildman–Crippen MR) is 96.9 cm³/mol. The Bertz CT molecular complexity index is 554. The van der Waals surface area contributed by atoms with Crippen molar-refractivity contribution in [1.82, 2.24) is 20.0 Å². The monoisotopic (exact) mass is 330 g/mol. The van der Waals surface area contributed by atoms with Gasteiger partial charge in [0, 0.05) is 58.4 Å². The molecular weight excluding hydrogens is 300 g/mol. The summed E-state index contributed by atoms with van der Waals surface area (Å²) in [6.45, 7) is 12.5. The molecule has 0 aliphatic carbocycles. The van der Waals surface area contributed by atoms with Gasteiger partial charge in [-0.3, -0.25) is 14.6 Å². The first-order chi connectivity index (χ1) is 11.6. The average Bonchev–Trinajstić information content (AvgIpc) is 2.59. The zero-order valence-corrected chi connectivity index (χ0v) is 15.0. The van der Waals surface area contributed by atoms with Crippen LogP contribution in [0.1, 0.15) is 18.1 Å². The molecule has 0 unspecified atom stereocenters. The van der Waals surface area contributed by atoms with Crippen molar-refractivity contribution in [3.8, 4) is 0 Å². The Kier molecular flexibility index (Phi) is 5.87. The molecule has 5 heteroatoms. The number of hydrogen-bond acceptors (Lipinski definition) is 4. The van der Waals surface area contributed by atoms with Crippen LogP contribution in [0.5, 0.6) is 0 Å². The molecule has 1 aromatic carbocycles. The third-order valence-corrected chi connectivity index (χ3v) is 5.36. The quantitative estimate of drug-likeness (QED) is 0.892. The van der Waals surface area contributed by atoms with Crippen LogP contribution in [0, 0.1) is 6.92 Å². The molecule has 1 amide bonds. The van der Waals surface area contributed by atoms with Gasteiger partial charge in [0.05, 0.1) is 6.54 Å². The van der Waals surface area contributed by atoms with Crippen molar-refractivity contribution in [2.45, 2.75) is 26.4 Å². The summed E-state index contributed by atoms with van der Waals surface area (Å²) in [5.41, 5.74) is 2.75. The van der Waals surface area contributed by atoms with Gasteiger partial charge in [0.1, 0.15) is 0 Å². The number of nitrogens with one attached hydrogen (secondary N) is 1. The van der Waals surface area contributed by atoms with Crippen molar-refractivity contribution in [2.24, 2.45) is 0 Å². The highest BCUT2D eigenvalue weighted by Gasteiger charge is 2.25. The van der Waals surface area contributed by atoms with Crippen molar-refractivity contribution in [3.63, 3.8) is 0 Å². The first-order valence-electron chi connectivity index (χ1n) is 9.13. The molecule has 2 heterocycles. The Labute approximate surface area is 145 Å².